The molecule has 0 aromatic heterocycles. The molecule has 0 aliphatic heterocycles. The molecule has 172 valence electrons. The highest BCUT2D eigenvalue weighted by atomic mass is 16.6. The topological polar surface area (TPSA) is 93.1 Å². The van der Waals surface area contributed by atoms with E-state index in [9.17, 15) is 19.5 Å². The molecule has 7 nitrogen and oxygen atoms in total. The van der Waals surface area contributed by atoms with Crippen LogP contribution in [-0.4, -0.2) is 46.7 Å². The van der Waals surface area contributed by atoms with E-state index in [-0.39, 0.29) is 38.0 Å². The average molecular weight is 434 g/mol. The van der Waals surface area contributed by atoms with Crippen LogP contribution < -0.4 is 0 Å². The molecule has 1 aromatic carbocycles. The SMILES string of the molecule is CC(C)(C)N(CC(=O)OCc1ccccc1)C(=O)OCC(CC(=O)O)C1CCCCC1. The van der Waals surface area contributed by atoms with Crippen LogP contribution in [0.15, 0.2) is 30.3 Å². The first-order valence-corrected chi connectivity index (χ1v) is 11.0. The Morgan fingerprint density at radius 2 is 1.71 bits per heavy atom. The maximum absolute atomic E-state index is 12.8. The van der Waals surface area contributed by atoms with Gasteiger partial charge in [0.25, 0.3) is 0 Å². The summed E-state index contributed by atoms with van der Waals surface area (Å²) < 4.78 is 10.8. The first-order chi connectivity index (χ1) is 14.7. The molecule has 1 fully saturated rings. The average Bonchev–Trinajstić information content (AvgIpc) is 2.73. The summed E-state index contributed by atoms with van der Waals surface area (Å²) in [5, 5.41) is 9.28. The fourth-order valence-corrected chi connectivity index (χ4v) is 3.94. The summed E-state index contributed by atoms with van der Waals surface area (Å²) in [5.74, 6) is -1.38. The van der Waals surface area contributed by atoms with E-state index in [2.05, 4.69) is 0 Å². The molecule has 7 heteroatoms. The van der Waals surface area contributed by atoms with Crippen molar-refractivity contribution in [1.29, 1.82) is 0 Å². The van der Waals surface area contributed by atoms with Gasteiger partial charge in [0.15, 0.2) is 0 Å². The van der Waals surface area contributed by atoms with Crippen LogP contribution in [0.1, 0.15) is 64.9 Å². The van der Waals surface area contributed by atoms with Crippen molar-refractivity contribution in [1.82, 2.24) is 4.90 Å². The summed E-state index contributed by atoms with van der Waals surface area (Å²) >= 11 is 0. The van der Waals surface area contributed by atoms with E-state index in [0.29, 0.717) is 0 Å². The lowest BCUT2D eigenvalue weighted by Gasteiger charge is -2.35. The molecule has 1 aliphatic carbocycles. The number of hydrogen-bond donors (Lipinski definition) is 1. The molecular formula is C24H35NO6. The predicted octanol–water partition coefficient (Wildman–Crippen LogP) is 4.64. The van der Waals surface area contributed by atoms with Gasteiger partial charge in [0.05, 0.1) is 13.0 Å². The van der Waals surface area contributed by atoms with Crippen LogP contribution in [0.4, 0.5) is 4.79 Å². The van der Waals surface area contributed by atoms with Crippen LogP contribution >= 0.6 is 0 Å². The Balaban J connectivity index is 1.94. The summed E-state index contributed by atoms with van der Waals surface area (Å²) in [4.78, 5) is 37.8. The lowest BCUT2D eigenvalue weighted by Crippen LogP contribution is -2.49. The van der Waals surface area contributed by atoms with E-state index in [1.165, 1.54) is 11.3 Å². The van der Waals surface area contributed by atoms with Gasteiger partial charge in [-0.05, 0) is 32.3 Å². The minimum atomic E-state index is -0.885. The first kappa shape index (κ1) is 24.7. The molecule has 0 spiro atoms. The van der Waals surface area contributed by atoms with E-state index in [0.717, 1.165) is 31.2 Å². The lowest BCUT2D eigenvalue weighted by molar-refractivity contribution is -0.147. The van der Waals surface area contributed by atoms with Crippen LogP contribution in [0.5, 0.6) is 0 Å². The van der Waals surface area contributed by atoms with Crippen molar-refractivity contribution in [3.8, 4) is 0 Å². The van der Waals surface area contributed by atoms with E-state index < -0.39 is 23.6 Å². The first-order valence-electron chi connectivity index (χ1n) is 11.0. The Morgan fingerprint density at radius 3 is 2.29 bits per heavy atom. The summed E-state index contributed by atoms with van der Waals surface area (Å²) in [5.41, 5.74) is 0.209. The van der Waals surface area contributed by atoms with E-state index in [4.69, 9.17) is 9.47 Å². The van der Waals surface area contributed by atoms with Crippen LogP contribution in [0.25, 0.3) is 0 Å². The van der Waals surface area contributed by atoms with E-state index in [1.54, 1.807) is 0 Å². The van der Waals surface area contributed by atoms with Gasteiger partial charge in [-0.25, -0.2) is 4.79 Å². The third-order valence-electron chi connectivity index (χ3n) is 5.73. The number of hydrogen-bond acceptors (Lipinski definition) is 5. The maximum atomic E-state index is 12.8. The second-order valence-electron chi connectivity index (χ2n) is 9.24. The van der Waals surface area contributed by atoms with Crippen LogP contribution in [-0.2, 0) is 25.7 Å². The van der Waals surface area contributed by atoms with Gasteiger partial charge in [-0.15, -0.1) is 0 Å². The fraction of sp³-hybridized carbons (Fsp3) is 0.625. The van der Waals surface area contributed by atoms with Crippen molar-refractivity contribution in [2.75, 3.05) is 13.2 Å². The second kappa shape index (κ2) is 11.7. The quantitative estimate of drug-likeness (QED) is 0.570. The number of aliphatic carboxylic acids is 1. The highest BCUT2D eigenvalue weighted by Gasteiger charge is 2.32. The molecule has 31 heavy (non-hydrogen) atoms. The van der Waals surface area contributed by atoms with Crippen molar-refractivity contribution < 1.29 is 29.0 Å². The van der Waals surface area contributed by atoms with E-state index >= 15 is 0 Å². The molecule has 0 heterocycles. The molecule has 1 N–H and O–H groups in total. The van der Waals surface area contributed by atoms with Crippen LogP contribution in [0.3, 0.4) is 0 Å². The van der Waals surface area contributed by atoms with Gasteiger partial charge in [-0.1, -0.05) is 62.4 Å². The molecule has 0 bridgehead atoms. The number of ether oxygens (including phenoxy) is 2. The largest absolute Gasteiger partial charge is 0.481 e. The summed E-state index contributed by atoms with van der Waals surface area (Å²) in [6.45, 7) is 5.39. The normalized spacial score (nSPS) is 15.7. The number of esters is 1. The highest BCUT2D eigenvalue weighted by molar-refractivity contribution is 5.78. The monoisotopic (exact) mass is 433 g/mol. The molecule has 2 rings (SSSR count). The molecule has 1 aromatic rings. The molecular weight excluding hydrogens is 398 g/mol. The number of carbonyl (C=O) groups is 3. The van der Waals surface area contributed by atoms with Crippen molar-refractivity contribution in [2.24, 2.45) is 11.8 Å². The molecule has 1 atom stereocenters. The Hall–Kier alpha value is -2.57. The predicted molar refractivity (Wildman–Crippen MR) is 116 cm³/mol. The Kier molecular flexibility index (Phi) is 9.34. The number of rotatable bonds is 9. The second-order valence-corrected chi connectivity index (χ2v) is 9.24. The van der Waals surface area contributed by atoms with Gasteiger partial charge in [0.2, 0.25) is 0 Å². The third kappa shape index (κ3) is 8.59. The lowest BCUT2D eigenvalue weighted by atomic mass is 9.79. The number of carboxylic acid groups (broad SMARTS) is 1. The van der Waals surface area contributed by atoms with Crippen molar-refractivity contribution >= 4 is 18.0 Å². The number of carbonyl (C=O) groups excluding carboxylic acids is 2. The van der Waals surface area contributed by atoms with Gasteiger partial charge in [0, 0.05) is 11.5 Å². The minimum absolute atomic E-state index is 0.0212. The van der Waals surface area contributed by atoms with Gasteiger partial charge < -0.3 is 14.6 Å². The third-order valence-corrected chi connectivity index (χ3v) is 5.73. The zero-order valence-corrected chi connectivity index (χ0v) is 18.8. The van der Waals surface area contributed by atoms with E-state index in [1.807, 2.05) is 51.1 Å². The molecule has 1 unspecified atom stereocenters. The van der Waals surface area contributed by atoms with Gasteiger partial charge in [-0.2, -0.15) is 0 Å². The number of carboxylic acids is 1. The highest BCUT2D eigenvalue weighted by Crippen LogP contribution is 2.32. The van der Waals surface area contributed by atoms with Crippen LogP contribution in [0, 0.1) is 11.8 Å². The maximum Gasteiger partial charge on any atom is 0.410 e. The van der Waals surface area contributed by atoms with Gasteiger partial charge >= 0.3 is 18.0 Å². The zero-order chi connectivity index (χ0) is 22.9. The molecule has 1 amide bonds. The molecule has 1 aliphatic rings. The van der Waals surface area contributed by atoms with Gasteiger partial charge in [0.1, 0.15) is 13.2 Å². The molecule has 0 saturated heterocycles. The summed E-state index contributed by atoms with van der Waals surface area (Å²) in [6.07, 6.45) is 4.60. The van der Waals surface area contributed by atoms with Crippen molar-refractivity contribution in [2.45, 2.75) is 71.4 Å². The number of amides is 1. The standard InChI is InChI=1S/C24H35NO6/c1-24(2,3)25(15-22(28)30-16-18-10-6-4-7-11-18)23(29)31-17-20(14-21(26)27)19-12-8-5-9-13-19/h4,6-7,10-11,19-20H,5,8-9,12-17H2,1-3H3,(H,26,27). The summed E-state index contributed by atoms with van der Waals surface area (Å²) in [7, 11) is 0. The summed E-state index contributed by atoms with van der Waals surface area (Å²) in [6, 6.07) is 9.32. The Labute approximate surface area is 184 Å². The van der Waals surface area contributed by atoms with Crippen LogP contribution in [0.2, 0.25) is 0 Å². The molecule has 0 radical (unpaired) electrons. The number of benzene rings is 1. The smallest absolute Gasteiger partial charge is 0.410 e. The molecule has 1 saturated carbocycles. The van der Waals surface area contributed by atoms with Crippen molar-refractivity contribution in [3.05, 3.63) is 35.9 Å². The zero-order valence-electron chi connectivity index (χ0n) is 18.8. The Bertz CT molecular complexity index is 721. The fourth-order valence-electron chi connectivity index (χ4n) is 3.94. The Morgan fingerprint density at radius 1 is 1.06 bits per heavy atom. The number of nitrogens with zero attached hydrogens (tertiary/aromatic N) is 1. The van der Waals surface area contributed by atoms with Crippen molar-refractivity contribution in [3.63, 3.8) is 0 Å². The minimum Gasteiger partial charge on any atom is -0.481 e. The van der Waals surface area contributed by atoms with Gasteiger partial charge in [-0.3, -0.25) is 14.5 Å².